The molecule has 19 heavy (non-hydrogen) atoms. The van der Waals surface area contributed by atoms with Crippen LogP contribution in [0.3, 0.4) is 0 Å². The molecule has 102 valence electrons. The first-order chi connectivity index (χ1) is 9.10. The van der Waals surface area contributed by atoms with Crippen LogP contribution in [-0.4, -0.2) is 0 Å². The molecule has 1 aliphatic carbocycles. The second-order valence-electron chi connectivity index (χ2n) is 4.52. The number of hydrogen-bond donors (Lipinski definition) is 4. The molecule has 0 heterocycles. The molecular formula is C13H18N4O2. The summed E-state index contributed by atoms with van der Waals surface area (Å²) >= 11 is 0. The number of allylic oxidation sites excluding steroid dienone is 3. The van der Waals surface area contributed by atoms with Gasteiger partial charge in [0.2, 0.25) is 0 Å². The van der Waals surface area contributed by atoms with Crippen LogP contribution in [0, 0.1) is 11.1 Å². The van der Waals surface area contributed by atoms with E-state index >= 15 is 0 Å². The van der Waals surface area contributed by atoms with Gasteiger partial charge >= 0.3 is 0 Å². The fourth-order valence-electron chi connectivity index (χ4n) is 1.84. The molecular weight excluding hydrogens is 244 g/mol. The van der Waals surface area contributed by atoms with Crippen molar-refractivity contribution in [2.24, 2.45) is 17.5 Å². The van der Waals surface area contributed by atoms with Crippen LogP contribution < -0.4 is 27.0 Å². The Morgan fingerprint density at radius 2 is 2.05 bits per heavy atom. The lowest BCUT2D eigenvalue weighted by Gasteiger charge is -2.20. The topological polar surface area (TPSA) is 101 Å². The van der Waals surface area contributed by atoms with Crippen molar-refractivity contribution in [3.05, 3.63) is 53.1 Å². The van der Waals surface area contributed by atoms with Gasteiger partial charge in [-0.3, -0.25) is 0 Å². The Bertz CT molecular complexity index is 496. The van der Waals surface area contributed by atoms with E-state index in [9.17, 15) is 5.21 Å². The summed E-state index contributed by atoms with van der Waals surface area (Å²) in [6, 6.07) is 6.73. The lowest BCUT2D eigenvalue weighted by molar-refractivity contribution is -0.830. The third kappa shape index (κ3) is 3.33. The lowest BCUT2D eigenvalue weighted by atomic mass is 10.00. The molecule has 0 bridgehead atoms. The zero-order valence-electron chi connectivity index (χ0n) is 10.7. The van der Waals surface area contributed by atoms with Gasteiger partial charge in [-0.05, 0) is 24.1 Å². The molecule has 0 radical (unpaired) electrons. The summed E-state index contributed by atoms with van der Waals surface area (Å²) in [5.74, 6) is 6.87. The van der Waals surface area contributed by atoms with Gasteiger partial charge < -0.3 is 15.7 Å². The van der Waals surface area contributed by atoms with Crippen LogP contribution in [0.4, 0.5) is 5.69 Å². The van der Waals surface area contributed by atoms with Crippen molar-refractivity contribution < 1.29 is 9.91 Å². The number of nitrogens with two attached hydrogens (primary N) is 2. The summed E-state index contributed by atoms with van der Waals surface area (Å²) in [4.78, 5) is 0. The van der Waals surface area contributed by atoms with Gasteiger partial charge in [0, 0.05) is 18.6 Å². The molecule has 1 aromatic carbocycles. The maximum atomic E-state index is 11.3. The highest BCUT2D eigenvalue weighted by Crippen LogP contribution is 2.24. The van der Waals surface area contributed by atoms with Gasteiger partial charge in [0.1, 0.15) is 11.5 Å². The highest BCUT2D eigenvalue weighted by Gasteiger charge is 2.13. The Labute approximate surface area is 111 Å². The molecule has 0 spiro atoms. The molecule has 6 nitrogen and oxygen atoms in total. The first-order valence-electron chi connectivity index (χ1n) is 6.06. The molecule has 0 amide bonds. The molecule has 0 aliphatic heterocycles. The zero-order chi connectivity index (χ0) is 13.8. The lowest BCUT2D eigenvalue weighted by Crippen LogP contribution is -3.11. The van der Waals surface area contributed by atoms with E-state index in [4.69, 9.17) is 16.3 Å². The highest BCUT2D eigenvalue weighted by atomic mass is 16.5. The standard InChI is InChI=1S/C13H18N4O2/c1-9-2-7-12(14)13(8-9)19-11-5-3-10(4-6-11)17(18)16-15/h2-7,9,16-17H,8,14-15H2,1H3. The van der Waals surface area contributed by atoms with Gasteiger partial charge in [0.05, 0.1) is 5.70 Å². The Hall–Kier alpha value is -1.86. The van der Waals surface area contributed by atoms with Crippen LogP contribution in [0.1, 0.15) is 13.3 Å². The van der Waals surface area contributed by atoms with E-state index in [0.29, 0.717) is 23.1 Å². The van der Waals surface area contributed by atoms with E-state index in [-0.39, 0.29) is 5.17 Å². The third-order valence-corrected chi connectivity index (χ3v) is 2.92. The smallest absolute Gasteiger partial charge is 0.151 e. The predicted molar refractivity (Wildman–Crippen MR) is 72.5 cm³/mol. The number of ether oxygens (including phenoxy) is 1. The minimum Gasteiger partial charge on any atom is -0.607 e. The molecule has 0 aromatic heterocycles. The van der Waals surface area contributed by atoms with E-state index in [1.807, 2.05) is 6.08 Å². The molecule has 6 heteroatoms. The van der Waals surface area contributed by atoms with Gasteiger partial charge in [-0.15, -0.1) is 0 Å². The third-order valence-electron chi connectivity index (χ3n) is 2.92. The summed E-state index contributed by atoms with van der Waals surface area (Å²) in [6.07, 6.45) is 4.68. The SMILES string of the molecule is CC1C=CC(N)=C(Oc2ccc([NH+]([O-])NN)cc2)C1. The van der Waals surface area contributed by atoms with Crippen LogP contribution in [0.5, 0.6) is 5.75 Å². The average Bonchev–Trinajstić information content (AvgIpc) is 2.43. The summed E-state index contributed by atoms with van der Waals surface area (Å²) in [7, 11) is 0. The average molecular weight is 262 g/mol. The van der Waals surface area contributed by atoms with Gasteiger partial charge in [0.25, 0.3) is 0 Å². The molecule has 2 rings (SSSR count). The number of hydrogen-bond acceptors (Lipinski definition) is 5. The summed E-state index contributed by atoms with van der Waals surface area (Å²) in [5.41, 5.74) is 9.07. The second kappa shape index (κ2) is 5.85. The van der Waals surface area contributed by atoms with Crippen molar-refractivity contribution in [1.82, 2.24) is 5.53 Å². The summed E-state index contributed by atoms with van der Waals surface area (Å²) < 4.78 is 5.75. The molecule has 1 aromatic rings. The fourth-order valence-corrected chi connectivity index (χ4v) is 1.84. The van der Waals surface area contributed by atoms with E-state index in [0.717, 1.165) is 12.2 Å². The van der Waals surface area contributed by atoms with Crippen molar-refractivity contribution in [2.45, 2.75) is 13.3 Å². The van der Waals surface area contributed by atoms with Crippen LogP contribution in [0.2, 0.25) is 0 Å². The fraction of sp³-hybridized carbons (Fsp3) is 0.231. The molecule has 0 saturated heterocycles. The molecule has 2 atom stereocenters. The molecule has 1 aliphatic rings. The monoisotopic (exact) mass is 262 g/mol. The van der Waals surface area contributed by atoms with Crippen molar-refractivity contribution >= 4 is 5.69 Å². The summed E-state index contributed by atoms with van der Waals surface area (Å²) in [5, 5.41) is 11.0. The minimum absolute atomic E-state index is 0.334. The Balaban J connectivity index is 2.10. The van der Waals surface area contributed by atoms with Crippen molar-refractivity contribution in [2.75, 3.05) is 0 Å². The second-order valence-corrected chi connectivity index (χ2v) is 4.52. The molecule has 0 fully saturated rings. The first kappa shape index (κ1) is 13.6. The van der Waals surface area contributed by atoms with Gasteiger partial charge in [-0.1, -0.05) is 18.5 Å². The van der Waals surface area contributed by atoms with Crippen LogP contribution in [-0.2, 0) is 0 Å². The van der Waals surface area contributed by atoms with Crippen molar-refractivity contribution in [1.29, 1.82) is 0 Å². The maximum Gasteiger partial charge on any atom is 0.151 e. The van der Waals surface area contributed by atoms with Crippen molar-refractivity contribution in [3.8, 4) is 5.75 Å². The van der Waals surface area contributed by atoms with Gasteiger partial charge in [0.15, 0.2) is 5.69 Å². The first-order valence-corrected chi connectivity index (χ1v) is 6.06. The number of rotatable bonds is 4. The highest BCUT2D eigenvalue weighted by molar-refractivity contribution is 5.37. The van der Waals surface area contributed by atoms with Crippen LogP contribution in [0.15, 0.2) is 47.9 Å². The Morgan fingerprint density at radius 1 is 1.37 bits per heavy atom. The van der Waals surface area contributed by atoms with Crippen LogP contribution >= 0.6 is 0 Å². The predicted octanol–water partition coefficient (Wildman–Crippen LogP) is 0.224. The maximum absolute atomic E-state index is 11.3. The van der Waals surface area contributed by atoms with E-state index in [2.05, 4.69) is 18.5 Å². The molecule has 0 saturated carbocycles. The molecule has 6 N–H and O–H groups in total. The Kier molecular flexibility index (Phi) is 4.18. The van der Waals surface area contributed by atoms with E-state index in [1.54, 1.807) is 24.3 Å². The largest absolute Gasteiger partial charge is 0.607 e. The normalized spacial score (nSPS) is 20.5. The Morgan fingerprint density at radius 3 is 2.68 bits per heavy atom. The number of nitrogens with one attached hydrogen (secondary N) is 2. The number of hydrazine groups is 1. The van der Waals surface area contributed by atoms with Gasteiger partial charge in [-0.2, -0.15) is 0 Å². The van der Waals surface area contributed by atoms with Crippen LogP contribution in [0.25, 0.3) is 0 Å². The molecule has 2 unspecified atom stereocenters. The van der Waals surface area contributed by atoms with E-state index in [1.165, 1.54) is 0 Å². The quantitative estimate of drug-likeness (QED) is 0.459. The number of quaternary nitrogens is 1. The van der Waals surface area contributed by atoms with Gasteiger partial charge in [-0.25, -0.2) is 11.0 Å². The van der Waals surface area contributed by atoms with E-state index < -0.39 is 0 Å². The van der Waals surface area contributed by atoms with Crippen molar-refractivity contribution in [3.63, 3.8) is 0 Å². The summed E-state index contributed by atoms with van der Waals surface area (Å²) in [6.45, 7) is 2.10. The number of benzene rings is 1. The minimum atomic E-state index is -0.334. The zero-order valence-corrected chi connectivity index (χ0v) is 10.7.